The molecule has 0 saturated heterocycles. The predicted molar refractivity (Wildman–Crippen MR) is 112 cm³/mol. The Morgan fingerprint density at radius 1 is 1.26 bits per heavy atom. The first kappa shape index (κ1) is 28.4. The minimum Gasteiger partial charge on any atom is -0.550 e. The van der Waals surface area contributed by atoms with Gasteiger partial charge in [0.05, 0.1) is 18.1 Å². The predicted octanol–water partition coefficient (Wildman–Crippen LogP) is -0.615. The Morgan fingerprint density at radius 2 is 1.94 bits per heavy atom. The zero-order chi connectivity index (χ0) is 22.4. The van der Waals surface area contributed by atoms with Crippen molar-refractivity contribution in [1.82, 2.24) is 0 Å². The van der Waals surface area contributed by atoms with Gasteiger partial charge in [-0.1, -0.05) is 45.9 Å². The molecule has 0 aliphatic heterocycles. The summed E-state index contributed by atoms with van der Waals surface area (Å²) >= 11 is 0. The number of esters is 1. The summed E-state index contributed by atoms with van der Waals surface area (Å²) in [5.41, 5.74) is 1.20. The third-order valence-corrected chi connectivity index (χ3v) is 6.66. The van der Waals surface area contributed by atoms with Gasteiger partial charge in [-0.2, -0.15) is 0 Å². The van der Waals surface area contributed by atoms with E-state index in [2.05, 4.69) is 32.1 Å². The van der Waals surface area contributed by atoms with Gasteiger partial charge in [0.25, 0.3) is 0 Å². The summed E-state index contributed by atoms with van der Waals surface area (Å²) in [5.74, 6) is -0.705. The second-order valence-corrected chi connectivity index (χ2v) is 9.27. The number of aliphatic hydroxyl groups is 2. The number of rotatable bonds is 10. The Hall–Kier alpha value is -0.660. The second kappa shape index (κ2) is 13.1. The number of hydrogen-bond acceptors (Lipinski definition) is 6. The van der Waals surface area contributed by atoms with Gasteiger partial charge < -0.3 is 24.9 Å². The van der Waals surface area contributed by atoms with Crippen molar-refractivity contribution >= 4 is 11.9 Å². The van der Waals surface area contributed by atoms with Crippen LogP contribution in [0.25, 0.3) is 0 Å². The van der Waals surface area contributed by atoms with Crippen molar-refractivity contribution in [3.8, 4) is 0 Å². The van der Waals surface area contributed by atoms with Gasteiger partial charge in [-0.3, -0.25) is 4.79 Å². The number of aliphatic carboxylic acids is 1. The van der Waals surface area contributed by atoms with Crippen LogP contribution in [0.5, 0.6) is 0 Å². The van der Waals surface area contributed by atoms with E-state index in [4.69, 9.17) is 4.74 Å². The van der Waals surface area contributed by atoms with Gasteiger partial charge in [-0.25, -0.2) is 0 Å². The van der Waals surface area contributed by atoms with Crippen molar-refractivity contribution in [2.75, 3.05) is 0 Å². The van der Waals surface area contributed by atoms with E-state index in [1.54, 1.807) is 0 Å². The number of hydrogen-bond donors (Lipinski definition) is 2. The first-order valence-corrected chi connectivity index (χ1v) is 11.3. The van der Waals surface area contributed by atoms with Crippen molar-refractivity contribution in [2.45, 2.75) is 84.5 Å². The average molecular weight is 445 g/mol. The molecule has 0 heterocycles. The van der Waals surface area contributed by atoms with Crippen molar-refractivity contribution in [2.24, 2.45) is 29.6 Å². The van der Waals surface area contributed by atoms with Crippen LogP contribution in [0.1, 0.15) is 66.2 Å². The normalized spacial score (nSPS) is 30.3. The Kier molecular flexibility index (Phi) is 12.0. The number of carbonyl (C=O) groups is 2. The van der Waals surface area contributed by atoms with Gasteiger partial charge in [-0.15, -0.1) is 0 Å². The van der Waals surface area contributed by atoms with E-state index < -0.39 is 24.6 Å². The molecule has 7 heteroatoms. The second-order valence-electron chi connectivity index (χ2n) is 9.27. The molecular weight excluding hydrogens is 407 g/mol. The molecular formula is C24H37NaO6. The van der Waals surface area contributed by atoms with Gasteiger partial charge in [0.15, 0.2) is 0 Å². The number of carboxylic acids is 1. The van der Waals surface area contributed by atoms with Crippen LogP contribution in [0.3, 0.4) is 0 Å². The summed E-state index contributed by atoms with van der Waals surface area (Å²) in [6, 6.07) is 0. The molecule has 2 aliphatic rings. The van der Waals surface area contributed by atoms with Crippen LogP contribution in [0, 0.1) is 29.6 Å². The number of carbonyl (C=O) groups excluding carboxylic acids is 2. The van der Waals surface area contributed by atoms with Gasteiger partial charge in [0.2, 0.25) is 0 Å². The molecule has 2 N–H and O–H groups in total. The first-order chi connectivity index (χ1) is 14.1. The zero-order valence-electron chi connectivity index (χ0n) is 19.6. The number of allylic oxidation sites excluding steroid dienone is 3. The zero-order valence-corrected chi connectivity index (χ0v) is 21.6. The average Bonchev–Trinajstić information content (AvgIpc) is 2.65. The van der Waals surface area contributed by atoms with Crippen LogP contribution >= 0.6 is 0 Å². The van der Waals surface area contributed by atoms with Crippen molar-refractivity contribution in [3.63, 3.8) is 0 Å². The summed E-state index contributed by atoms with van der Waals surface area (Å²) in [6.07, 6.45) is 6.75. The van der Waals surface area contributed by atoms with Crippen LogP contribution in [-0.4, -0.2) is 40.5 Å². The SMILES string of the molecule is CC[C@H](C)C(=O)O[C@@H]1C[C@@H](C)C=C2C=C[C@H](C)[C@H](CC[C@@H](O)C[C@H](O)CC(=O)[O-])C21.[Na+]. The topological polar surface area (TPSA) is 107 Å². The van der Waals surface area contributed by atoms with E-state index in [0.717, 1.165) is 12.8 Å². The minimum atomic E-state index is -1.32. The van der Waals surface area contributed by atoms with Gasteiger partial charge in [0.1, 0.15) is 6.10 Å². The van der Waals surface area contributed by atoms with E-state index in [-0.39, 0.29) is 71.7 Å². The van der Waals surface area contributed by atoms with E-state index in [0.29, 0.717) is 18.8 Å². The fourth-order valence-electron chi connectivity index (χ4n) is 4.75. The monoisotopic (exact) mass is 444 g/mol. The van der Waals surface area contributed by atoms with Crippen LogP contribution < -0.4 is 34.7 Å². The molecule has 170 valence electrons. The Bertz CT molecular complexity index is 660. The van der Waals surface area contributed by atoms with Crippen molar-refractivity contribution in [3.05, 3.63) is 23.8 Å². The van der Waals surface area contributed by atoms with Crippen LogP contribution in [0.2, 0.25) is 0 Å². The van der Waals surface area contributed by atoms with E-state index in [1.165, 1.54) is 5.57 Å². The number of ether oxygens (including phenoxy) is 1. The van der Waals surface area contributed by atoms with Crippen molar-refractivity contribution < 1.29 is 59.2 Å². The molecule has 0 radical (unpaired) electrons. The smallest absolute Gasteiger partial charge is 0.550 e. The van der Waals surface area contributed by atoms with E-state index in [9.17, 15) is 24.9 Å². The Morgan fingerprint density at radius 3 is 2.55 bits per heavy atom. The summed E-state index contributed by atoms with van der Waals surface area (Å²) < 4.78 is 5.99. The molecule has 0 fully saturated rings. The summed E-state index contributed by atoms with van der Waals surface area (Å²) in [5, 5.41) is 30.7. The maximum Gasteiger partial charge on any atom is 1.00 e. The van der Waals surface area contributed by atoms with Crippen LogP contribution in [0.15, 0.2) is 23.8 Å². The minimum absolute atomic E-state index is 0. The van der Waals surface area contributed by atoms with Crippen LogP contribution in [0.4, 0.5) is 0 Å². The maximum absolute atomic E-state index is 12.5. The molecule has 0 aromatic rings. The molecule has 8 atom stereocenters. The number of aliphatic hydroxyl groups excluding tert-OH is 2. The fourth-order valence-corrected chi connectivity index (χ4v) is 4.75. The Balaban J connectivity index is 0.00000480. The molecule has 2 rings (SSSR count). The molecule has 0 bridgehead atoms. The fraction of sp³-hybridized carbons (Fsp3) is 0.750. The number of carboxylic acid groups (broad SMARTS) is 1. The van der Waals surface area contributed by atoms with Crippen molar-refractivity contribution in [1.29, 1.82) is 0 Å². The molecule has 2 aliphatic carbocycles. The largest absolute Gasteiger partial charge is 1.00 e. The Labute approximate surface area is 208 Å². The van der Waals surface area contributed by atoms with E-state index >= 15 is 0 Å². The molecule has 0 spiro atoms. The molecule has 6 nitrogen and oxygen atoms in total. The molecule has 0 saturated carbocycles. The third-order valence-electron chi connectivity index (χ3n) is 6.66. The molecule has 31 heavy (non-hydrogen) atoms. The van der Waals surface area contributed by atoms with Gasteiger partial charge in [-0.05, 0) is 55.4 Å². The standard InChI is InChI=1S/C24H38O6.Na/c1-5-15(3)24(29)30-21-11-14(2)10-17-7-6-16(4)20(23(17)21)9-8-18(25)12-19(26)13-22(27)28;/h6-7,10,14-16,18-21,23,25-26H,5,8-9,11-13H2,1-4H3,(H,27,28);/q;+1/p-1/t14-,15-,16-,18+,19-,20-,21+,23?;/m0./s1. The quantitative estimate of drug-likeness (QED) is 0.344. The molecule has 0 aromatic carbocycles. The summed E-state index contributed by atoms with van der Waals surface area (Å²) in [4.78, 5) is 23.1. The first-order valence-electron chi connectivity index (χ1n) is 11.3. The van der Waals surface area contributed by atoms with E-state index in [1.807, 2.05) is 13.8 Å². The molecule has 0 aromatic heterocycles. The van der Waals surface area contributed by atoms with Crippen LogP contribution in [-0.2, 0) is 14.3 Å². The summed E-state index contributed by atoms with van der Waals surface area (Å²) in [6.45, 7) is 8.14. The van der Waals surface area contributed by atoms with Gasteiger partial charge in [0, 0.05) is 18.3 Å². The number of fused-ring (bicyclic) bond motifs is 1. The third kappa shape index (κ3) is 8.32. The van der Waals surface area contributed by atoms with Gasteiger partial charge >= 0.3 is 35.5 Å². The molecule has 0 amide bonds. The maximum atomic E-state index is 12.5. The molecule has 1 unspecified atom stereocenters. The summed E-state index contributed by atoms with van der Waals surface area (Å²) in [7, 11) is 0.